The second-order valence-corrected chi connectivity index (χ2v) is 3.85. The molecular weight excluding hydrogens is 222 g/mol. The minimum atomic E-state index is -0.520. The molecule has 0 aliphatic rings. The summed E-state index contributed by atoms with van der Waals surface area (Å²) in [7, 11) is 0. The van der Waals surface area contributed by atoms with E-state index >= 15 is 0 Å². The number of esters is 2. The lowest BCUT2D eigenvalue weighted by atomic mass is 10.2. The molecule has 0 aliphatic carbocycles. The average molecular weight is 244 g/mol. The van der Waals surface area contributed by atoms with Crippen LogP contribution in [0.25, 0.3) is 0 Å². The molecule has 0 rings (SSSR count). The summed E-state index contributed by atoms with van der Waals surface area (Å²) in [6.07, 6.45) is 1.94. The highest BCUT2D eigenvalue weighted by atomic mass is 16.6. The van der Waals surface area contributed by atoms with Gasteiger partial charge in [0.1, 0.15) is 0 Å². The molecule has 0 bridgehead atoms. The van der Waals surface area contributed by atoms with Crippen LogP contribution in [-0.4, -0.2) is 24.4 Å². The summed E-state index contributed by atoms with van der Waals surface area (Å²) in [6, 6.07) is 0. The lowest BCUT2D eigenvalue weighted by molar-refractivity contribution is -0.157. The molecule has 0 aromatic rings. The fourth-order valence-electron chi connectivity index (χ4n) is 1.39. The van der Waals surface area contributed by atoms with E-state index in [9.17, 15) is 9.59 Å². The standard InChI is InChI=1S/C12H22NO4/c1-5-7-11(16-9(3)14)13-12(8-6-2)17-10(4)15/h11-12H,5-8H2,1-4H3. The zero-order valence-electron chi connectivity index (χ0n) is 11.1. The van der Waals surface area contributed by atoms with Gasteiger partial charge >= 0.3 is 11.9 Å². The Labute approximate surface area is 103 Å². The number of ether oxygens (including phenoxy) is 2. The summed E-state index contributed by atoms with van der Waals surface area (Å²) in [5.74, 6) is -0.740. The third-order valence-corrected chi connectivity index (χ3v) is 2.01. The molecule has 2 atom stereocenters. The molecule has 1 radical (unpaired) electrons. The van der Waals surface area contributed by atoms with Gasteiger partial charge in [0, 0.05) is 13.8 Å². The Hall–Kier alpha value is -1.10. The number of hydrogen-bond acceptors (Lipinski definition) is 4. The molecule has 0 fully saturated rings. The Morgan fingerprint density at radius 1 is 0.941 bits per heavy atom. The number of carbonyl (C=O) groups is 2. The molecule has 0 aromatic heterocycles. The fourth-order valence-corrected chi connectivity index (χ4v) is 1.39. The Morgan fingerprint density at radius 2 is 1.29 bits per heavy atom. The Bertz CT molecular complexity index is 219. The summed E-state index contributed by atoms with van der Waals surface area (Å²) < 4.78 is 10.1. The highest BCUT2D eigenvalue weighted by molar-refractivity contribution is 5.66. The summed E-state index contributed by atoms with van der Waals surface area (Å²) in [6.45, 7) is 6.65. The Balaban J connectivity index is 4.31. The Morgan fingerprint density at radius 3 is 1.53 bits per heavy atom. The van der Waals surface area contributed by atoms with Crippen molar-refractivity contribution >= 4 is 11.9 Å². The van der Waals surface area contributed by atoms with Gasteiger partial charge < -0.3 is 9.47 Å². The maximum absolute atomic E-state index is 10.9. The maximum atomic E-state index is 10.9. The van der Waals surface area contributed by atoms with E-state index < -0.39 is 12.5 Å². The van der Waals surface area contributed by atoms with Crippen molar-refractivity contribution in [3.8, 4) is 0 Å². The van der Waals surface area contributed by atoms with Crippen LogP contribution in [0.15, 0.2) is 0 Å². The molecule has 0 saturated carbocycles. The predicted octanol–water partition coefficient (Wildman–Crippen LogP) is 1.97. The van der Waals surface area contributed by atoms with E-state index in [2.05, 4.69) is 5.32 Å². The van der Waals surface area contributed by atoms with E-state index in [1.54, 1.807) is 0 Å². The van der Waals surface area contributed by atoms with Crippen molar-refractivity contribution in [1.29, 1.82) is 0 Å². The summed E-state index contributed by atoms with van der Waals surface area (Å²) in [5.41, 5.74) is 0. The number of hydrogen-bond donors (Lipinski definition) is 0. The van der Waals surface area contributed by atoms with Crippen LogP contribution in [0.2, 0.25) is 0 Å². The molecule has 5 nitrogen and oxygen atoms in total. The van der Waals surface area contributed by atoms with Crippen molar-refractivity contribution in [2.75, 3.05) is 0 Å². The van der Waals surface area contributed by atoms with Crippen molar-refractivity contribution in [1.82, 2.24) is 5.32 Å². The lowest BCUT2D eigenvalue weighted by Gasteiger charge is -2.22. The molecular formula is C12H22NO4. The fraction of sp³-hybridized carbons (Fsp3) is 0.833. The van der Waals surface area contributed by atoms with Crippen LogP contribution < -0.4 is 5.32 Å². The van der Waals surface area contributed by atoms with Crippen molar-refractivity contribution < 1.29 is 19.1 Å². The Kier molecular flexibility index (Phi) is 8.40. The molecule has 17 heavy (non-hydrogen) atoms. The molecule has 5 heteroatoms. The van der Waals surface area contributed by atoms with Crippen LogP contribution in [0.1, 0.15) is 53.4 Å². The molecule has 99 valence electrons. The van der Waals surface area contributed by atoms with Crippen molar-refractivity contribution in [3.63, 3.8) is 0 Å². The molecule has 0 aliphatic heterocycles. The second kappa shape index (κ2) is 8.98. The lowest BCUT2D eigenvalue weighted by Crippen LogP contribution is -2.37. The van der Waals surface area contributed by atoms with Crippen molar-refractivity contribution in [2.24, 2.45) is 0 Å². The minimum Gasteiger partial charge on any atom is -0.445 e. The van der Waals surface area contributed by atoms with Gasteiger partial charge in [-0.25, -0.2) is 0 Å². The van der Waals surface area contributed by atoms with Crippen LogP contribution in [0, 0.1) is 0 Å². The van der Waals surface area contributed by atoms with Crippen LogP contribution in [-0.2, 0) is 19.1 Å². The van der Waals surface area contributed by atoms with E-state index in [1.807, 2.05) is 13.8 Å². The van der Waals surface area contributed by atoms with Crippen LogP contribution in [0.5, 0.6) is 0 Å². The molecule has 0 aromatic carbocycles. The van der Waals surface area contributed by atoms with Gasteiger partial charge in [0.2, 0.25) is 0 Å². The average Bonchev–Trinajstić information content (AvgIpc) is 2.16. The van der Waals surface area contributed by atoms with Crippen LogP contribution in [0.4, 0.5) is 0 Å². The zero-order valence-corrected chi connectivity index (χ0v) is 11.1. The first-order valence-corrected chi connectivity index (χ1v) is 6.04. The summed E-state index contributed by atoms with van der Waals surface area (Å²) in [4.78, 5) is 21.8. The van der Waals surface area contributed by atoms with Gasteiger partial charge in [-0.1, -0.05) is 26.7 Å². The molecule has 0 amide bonds. The second-order valence-electron chi connectivity index (χ2n) is 3.85. The van der Waals surface area contributed by atoms with Gasteiger partial charge in [-0.15, -0.1) is 0 Å². The first kappa shape index (κ1) is 15.9. The monoisotopic (exact) mass is 244 g/mol. The number of carbonyl (C=O) groups excluding carboxylic acids is 2. The first-order chi connectivity index (χ1) is 7.99. The van der Waals surface area contributed by atoms with E-state index in [0.717, 1.165) is 12.8 Å². The van der Waals surface area contributed by atoms with Crippen molar-refractivity contribution in [3.05, 3.63) is 0 Å². The number of nitrogens with zero attached hydrogens (tertiary/aromatic N) is 1. The SMILES string of the molecule is CCCC([N]C(CCC)OC(C)=O)OC(C)=O. The van der Waals surface area contributed by atoms with Gasteiger partial charge in [0.15, 0.2) is 12.5 Å². The van der Waals surface area contributed by atoms with E-state index in [4.69, 9.17) is 9.47 Å². The summed E-state index contributed by atoms with van der Waals surface area (Å²) >= 11 is 0. The third kappa shape index (κ3) is 8.68. The normalized spacial score (nSPS) is 13.9. The molecule has 2 unspecified atom stereocenters. The first-order valence-electron chi connectivity index (χ1n) is 6.04. The van der Waals surface area contributed by atoms with Crippen LogP contribution in [0.3, 0.4) is 0 Å². The van der Waals surface area contributed by atoms with Crippen molar-refractivity contribution in [2.45, 2.75) is 65.8 Å². The van der Waals surface area contributed by atoms with Crippen LogP contribution >= 0.6 is 0 Å². The van der Waals surface area contributed by atoms with Gasteiger partial charge in [0.05, 0.1) is 0 Å². The van der Waals surface area contributed by atoms with Gasteiger partial charge in [0.25, 0.3) is 0 Å². The molecule has 0 heterocycles. The molecule has 0 spiro atoms. The van der Waals surface area contributed by atoms with E-state index in [1.165, 1.54) is 13.8 Å². The van der Waals surface area contributed by atoms with E-state index in [-0.39, 0.29) is 11.9 Å². The van der Waals surface area contributed by atoms with E-state index in [0.29, 0.717) is 12.8 Å². The molecule has 0 N–H and O–H groups in total. The third-order valence-electron chi connectivity index (χ3n) is 2.01. The van der Waals surface area contributed by atoms with Gasteiger partial charge in [-0.05, 0) is 12.8 Å². The highest BCUT2D eigenvalue weighted by Gasteiger charge is 2.20. The smallest absolute Gasteiger partial charge is 0.304 e. The van der Waals surface area contributed by atoms with Gasteiger partial charge in [-0.3, -0.25) is 9.59 Å². The molecule has 0 saturated heterocycles. The largest absolute Gasteiger partial charge is 0.445 e. The van der Waals surface area contributed by atoms with Gasteiger partial charge in [-0.2, -0.15) is 5.32 Å². The predicted molar refractivity (Wildman–Crippen MR) is 63.1 cm³/mol. The topological polar surface area (TPSA) is 66.7 Å². The zero-order chi connectivity index (χ0) is 13.3. The highest BCUT2D eigenvalue weighted by Crippen LogP contribution is 2.08. The maximum Gasteiger partial charge on any atom is 0.304 e. The minimum absolute atomic E-state index is 0.370. The summed E-state index contributed by atoms with van der Waals surface area (Å²) in [5, 5.41) is 4.25. The quantitative estimate of drug-likeness (QED) is 0.612. The number of rotatable bonds is 8.